The minimum Gasteiger partial charge on any atom is -0.497 e. The molecule has 6 heteroatoms. The van der Waals surface area contributed by atoms with E-state index in [1.165, 1.54) is 24.8 Å². The van der Waals surface area contributed by atoms with Crippen molar-refractivity contribution in [2.24, 2.45) is 0 Å². The van der Waals surface area contributed by atoms with Gasteiger partial charge in [0, 0.05) is 18.7 Å². The first-order valence-electron chi connectivity index (χ1n) is 12.3. The fraction of sp³-hybridized carbons (Fsp3) is 0.429. The van der Waals surface area contributed by atoms with Gasteiger partial charge < -0.3 is 10.1 Å². The summed E-state index contributed by atoms with van der Waals surface area (Å²) in [6, 6.07) is 18.6. The maximum Gasteiger partial charge on any atom is 0.220 e. The largest absolute Gasteiger partial charge is 0.497 e. The van der Waals surface area contributed by atoms with Crippen molar-refractivity contribution in [1.29, 1.82) is 0 Å². The summed E-state index contributed by atoms with van der Waals surface area (Å²) in [5, 5.41) is 7.93. The van der Waals surface area contributed by atoms with Crippen molar-refractivity contribution in [2.75, 3.05) is 26.7 Å². The van der Waals surface area contributed by atoms with Crippen molar-refractivity contribution >= 4 is 5.91 Å². The van der Waals surface area contributed by atoms with Gasteiger partial charge in [-0.05, 0) is 81.6 Å². The molecule has 1 saturated heterocycles. The van der Waals surface area contributed by atoms with E-state index in [0.717, 1.165) is 41.5 Å². The zero-order chi connectivity index (χ0) is 23.9. The van der Waals surface area contributed by atoms with Crippen LogP contribution in [0.15, 0.2) is 54.6 Å². The van der Waals surface area contributed by atoms with Gasteiger partial charge in [-0.3, -0.25) is 9.69 Å². The normalized spacial score (nSPS) is 15.1. The van der Waals surface area contributed by atoms with Gasteiger partial charge >= 0.3 is 0 Å². The first-order valence-corrected chi connectivity index (χ1v) is 12.3. The predicted molar refractivity (Wildman–Crippen MR) is 136 cm³/mol. The van der Waals surface area contributed by atoms with E-state index in [4.69, 9.17) is 9.84 Å². The molecule has 1 aromatic heterocycles. The lowest BCUT2D eigenvalue weighted by Crippen LogP contribution is -2.40. The molecule has 0 spiro atoms. The van der Waals surface area contributed by atoms with Crippen molar-refractivity contribution in [1.82, 2.24) is 20.0 Å². The lowest BCUT2D eigenvalue weighted by Gasteiger charge is -2.35. The number of hydrogen-bond acceptors (Lipinski definition) is 4. The van der Waals surface area contributed by atoms with Gasteiger partial charge in [0.25, 0.3) is 0 Å². The van der Waals surface area contributed by atoms with Gasteiger partial charge in [-0.15, -0.1) is 0 Å². The molecular formula is C28H36N4O2. The van der Waals surface area contributed by atoms with E-state index in [1.807, 2.05) is 41.9 Å². The standard InChI is InChI=1S/C28H36N4O2/c1-21-26(22(2)32(30-21)24-10-6-4-7-11-24)16-17-28(33)29-20-27(31-18-8-5-9-19-31)23-12-14-25(34-3)15-13-23/h4,6-7,10-15,27H,5,8-9,16-20H2,1-3H3,(H,29,33)/t27-/m0/s1. The number of carbonyl (C=O) groups is 1. The molecule has 1 amide bonds. The second-order valence-electron chi connectivity index (χ2n) is 9.09. The van der Waals surface area contributed by atoms with Crippen LogP contribution in [-0.4, -0.2) is 47.3 Å². The van der Waals surface area contributed by atoms with E-state index in [1.54, 1.807) is 7.11 Å². The highest BCUT2D eigenvalue weighted by atomic mass is 16.5. The van der Waals surface area contributed by atoms with Crippen molar-refractivity contribution < 1.29 is 9.53 Å². The Hall–Kier alpha value is -3.12. The molecule has 3 aromatic rings. The SMILES string of the molecule is COc1ccc([C@H](CNC(=O)CCc2c(C)nn(-c3ccccc3)c2C)N2CCCCC2)cc1. The quantitative estimate of drug-likeness (QED) is 0.500. The highest BCUT2D eigenvalue weighted by Crippen LogP contribution is 2.26. The number of benzene rings is 2. The summed E-state index contributed by atoms with van der Waals surface area (Å²) in [4.78, 5) is 15.4. The van der Waals surface area contributed by atoms with E-state index >= 15 is 0 Å². The monoisotopic (exact) mass is 460 g/mol. The van der Waals surface area contributed by atoms with E-state index in [2.05, 4.69) is 41.4 Å². The molecule has 1 aliphatic heterocycles. The lowest BCUT2D eigenvalue weighted by molar-refractivity contribution is -0.121. The Bertz CT molecular complexity index is 1070. The van der Waals surface area contributed by atoms with Crippen molar-refractivity contribution in [3.05, 3.63) is 77.1 Å². The molecular weight excluding hydrogens is 424 g/mol. The summed E-state index contributed by atoms with van der Waals surface area (Å²) in [6.45, 7) is 6.87. The van der Waals surface area contributed by atoms with Crippen LogP contribution >= 0.6 is 0 Å². The molecule has 2 aromatic carbocycles. The summed E-state index contributed by atoms with van der Waals surface area (Å²) in [6.07, 6.45) is 4.85. The number of ether oxygens (including phenoxy) is 1. The maximum atomic E-state index is 12.9. The van der Waals surface area contributed by atoms with Crippen LogP contribution in [0.2, 0.25) is 0 Å². The summed E-state index contributed by atoms with van der Waals surface area (Å²) in [5.74, 6) is 0.939. The second kappa shape index (κ2) is 11.3. The molecule has 1 atom stereocenters. The highest BCUT2D eigenvalue weighted by Gasteiger charge is 2.23. The van der Waals surface area contributed by atoms with Crippen molar-refractivity contribution in [3.63, 3.8) is 0 Å². The van der Waals surface area contributed by atoms with Crippen LogP contribution in [0.5, 0.6) is 5.75 Å². The number of piperidine rings is 1. The van der Waals surface area contributed by atoms with Crippen LogP contribution < -0.4 is 10.1 Å². The molecule has 1 fully saturated rings. The number of likely N-dealkylation sites (tertiary alicyclic amines) is 1. The number of hydrogen-bond donors (Lipinski definition) is 1. The third-order valence-electron chi connectivity index (χ3n) is 6.87. The molecule has 0 radical (unpaired) electrons. The van der Waals surface area contributed by atoms with Crippen LogP contribution in [-0.2, 0) is 11.2 Å². The molecule has 1 aliphatic rings. The van der Waals surface area contributed by atoms with Crippen LogP contribution in [0, 0.1) is 13.8 Å². The van der Waals surface area contributed by atoms with Crippen LogP contribution in [0.25, 0.3) is 5.69 Å². The van der Waals surface area contributed by atoms with Crippen LogP contribution in [0.3, 0.4) is 0 Å². The second-order valence-corrected chi connectivity index (χ2v) is 9.09. The zero-order valence-corrected chi connectivity index (χ0v) is 20.6. The summed E-state index contributed by atoms with van der Waals surface area (Å²) < 4.78 is 7.30. The Labute approximate surface area is 202 Å². The van der Waals surface area contributed by atoms with Gasteiger partial charge in [0.1, 0.15) is 5.75 Å². The third-order valence-corrected chi connectivity index (χ3v) is 6.87. The molecule has 4 rings (SSSR count). The minimum atomic E-state index is 0.0850. The fourth-order valence-corrected chi connectivity index (χ4v) is 4.91. The predicted octanol–water partition coefficient (Wildman–Crippen LogP) is 4.77. The number of nitrogens with zero attached hydrogens (tertiary/aromatic N) is 3. The van der Waals surface area contributed by atoms with Crippen molar-refractivity contribution in [2.45, 2.75) is 52.0 Å². The van der Waals surface area contributed by atoms with Crippen LogP contribution in [0.4, 0.5) is 0 Å². The van der Waals surface area contributed by atoms with Gasteiger partial charge in [0.15, 0.2) is 0 Å². The lowest BCUT2D eigenvalue weighted by atomic mass is 10.0. The summed E-state index contributed by atoms with van der Waals surface area (Å²) in [5.41, 5.74) is 5.50. The fourth-order valence-electron chi connectivity index (χ4n) is 4.91. The van der Waals surface area contributed by atoms with Gasteiger partial charge in [-0.1, -0.05) is 36.8 Å². The number of methoxy groups -OCH3 is 1. The molecule has 180 valence electrons. The Kier molecular flexibility index (Phi) is 8.01. The average molecular weight is 461 g/mol. The first kappa shape index (κ1) is 24.0. The van der Waals surface area contributed by atoms with E-state index in [0.29, 0.717) is 19.4 Å². The average Bonchev–Trinajstić information content (AvgIpc) is 3.17. The van der Waals surface area contributed by atoms with E-state index < -0.39 is 0 Å². The van der Waals surface area contributed by atoms with E-state index in [9.17, 15) is 4.79 Å². The molecule has 2 heterocycles. The Balaban J connectivity index is 1.39. The van der Waals surface area contributed by atoms with Gasteiger partial charge in [0.2, 0.25) is 5.91 Å². The molecule has 34 heavy (non-hydrogen) atoms. The first-order chi connectivity index (χ1) is 16.6. The molecule has 0 saturated carbocycles. The van der Waals surface area contributed by atoms with Gasteiger partial charge in [-0.2, -0.15) is 5.10 Å². The topological polar surface area (TPSA) is 59.4 Å². The number of nitrogens with one attached hydrogen (secondary N) is 1. The highest BCUT2D eigenvalue weighted by molar-refractivity contribution is 5.76. The number of aromatic nitrogens is 2. The number of aryl methyl sites for hydroxylation is 1. The summed E-state index contributed by atoms with van der Waals surface area (Å²) in [7, 11) is 1.68. The Morgan fingerprint density at radius 3 is 2.41 bits per heavy atom. The third kappa shape index (κ3) is 5.68. The van der Waals surface area contributed by atoms with Gasteiger partial charge in [0.05, 0.1) is 24.5 Å². The number of rotatable bonds is 9. The number of amides is 1. The minimum absolute atomic E-state index is 0.0850. The number of para-hydroxylation sites is 1. The Morgan fingerprint density at radius 1 is 1.03 bits per heavy atom. The van der Waals surface area contributed by atoms with Crippen molar-refractivity contribution in [3.8, 4) is 11.4 Å². The summed E-state index contributed by atoms with van der Waals surface area (Å²) >= 11 is 0. The number of carbonyl (C=O) groups excluding carboxylic acids is 1. The van der Waals surface area contributed by atoms with Gasteiger partial charge in [-0.25, -0.2) is 4.68 Å². The van der Waals surface area contributed by atoms with E-state index in [-0.39, 0.29) is 11.9 Å². The molecule has 0 bridgehead atoms. The van der Waals surface area contributed by atoms with Crippen LogP contribution in [0.1, 0.15) is 54.2 Å². The molecule has 0 unspecified atom stereocenters. The smallest absolute Gasteiger partial charge is 0.220 e. The molecule has 6 nitrogen and oxygen atoms in total. The maximum absolute atomic E-state index is 12.9. The zero-order valence-electron chi connectivity index (χ0n) is 20.6. The Morgan fingerprint density at radius 2 is 1.74 bits per heavy atom. The molecule has 1 N–H and O–H groups in total. The molecule has 0 aliphatic carbocycles.